The molecule has 2 aromatic heterocycles. The second-order valence-electron chi connectivity index (χ2n) is 6.20. The molecule has 3 aromatic rings. The molecule has 1 aromatic carbocycles. The highest BCUT2D eigenvalue weighted by molar-refractivity contribution is 7.22. The molecule has 0 radical (unpaired) electrons. The molecule has 1 amide bonds. The molecular weight excluding hydrogens is 354 g/mol. The van der Waals surface area contributed by atoms with Crippen LogP contribution < -0.4 is 9.64 Å². The van der Waals surface area contributed by atoms with Gasteiger partial charge in [-0.3, -0.25) is 9.69 Å². The second kappa shape index (κ2) is 7.05. The van der Waals surface area contributed by atoms with E-state index in [1.807, 2.05) is 18.2 Å². The maximum Gasteiger partial charge on any atom is 0.282 e. The van der Waals surface area contributed by atoms with Crippen LogP contribution in [0.5, 0.6) is 5.75 Å². The number of aromatic nitrogens is 2. The Labute approximate surface area is 154 Å². The quantitative estimate of drug-likeness (QED) is 0.682. The minimum Gasteiger partial charge on any atom is -0.497 e. The van der Waals surface area contributed by atoms with E-state index in [1.165, 1.54) is 11.3 Å². The SMILES string of the molecule is COc1ccc2sc(N(C[C@H]3CCCO3)C(=O)c3cc(C)on3)nc2c1. The van der Waals surface area contributed by atoms with E-state index in [1.54, 1.807) is 25.0 Å². The number of benzene rings is 1. The summed E-state index contributed by atoms with van der Waals surface area (Å²) in [6.07, 6.45) is 1.95. The van der Waals surface area contributed by atoms with Crippen molar-refractivity contribution in [2.24, 2.45) is 0 Å². The summed E-state index contributed by atoms with van der Waals surface area (Å²) in [4.78, 5) is 19.3. The minimum atomic E-state index is -0.233. The second-order valence-corrected chi connectivity index (χ2v) is 7.21. The van der Waals surface area contributed by atoms with Crippen LogP contribution in [-0.2, 0) is 4.74 Å². The number of methoxy groups -OCH3 is 1. The summed E-state index contributed by atoms with van der Waals surface area (Å²) in [5, 5.41) is 4.49. The zero-order valence-electron chi connectivity index (χ0n) is 14.6. The molecule has 1 aliphatic rings. The largest absolute Gasteiger partial charge is 0.497 e. The number of rotatable bonds is 5. The first-order valence-corrected chi connectivity index (χ1v) is 9.27. The summed E-state index contributed by atoms with van der Waals surface area (Å²) in [6.45, 7) is 2.94. The molecule has 136 valence electrons. The van der Waals surface area contributed by atoms with E-state index in [-0.39, 0.29) is 17.7 Å². The summed E-state index contributed by atoms with van der Waals surface area (Å²) in [5.41, 5.74) is 1.07. The van der Waals surface area contributed by atoms with Crippen LogP contribution in [0.25, 0.3) is 10.2 Å². The van der Waals surface area contributed by atoms with E-state index < -0.39 is 0 Å². The zero-order valence-corrected chi connectivity index (χ0v) is 15.4. The lowest BCUT2D eigenvalue weighted by Crippen LogP contribution is -2.37. The van der Waals surface area contributed by atoms with Gasteiger partial charge in [0.2, 0.25) is 0 Å². The Bertz CT molecular complexity index is 930. The molecular formula is C18H19N3O4S. The third kappa shape index (κ3) is 3.30. The number of aryl methyl sites for hydroxylation is 1. The Morgan fingerprint density at radius 3 is 3.00 bits per heavy atom. The van der Waals surface area contributed by atoms with E-state index in [2.05, 4.69) is 10.1 Å². The lowest BCUT2D eigenvalue weighted by molar-refractivity contribution is 0.0910. The smallest absolute Gasteiger partial charge is 0.282 e. The molecule has 1 aliphatic heterocycles. The lowest BCUT2D eigenvalue weighted by atomic mass is 10.2. The maximum atomic E-state index is 13.0. The van der Waals surface area contributed by atoms with Gasteiger partial charge < -0.3 is 14.0 Å². The van der Waals surface area contributed by atoms with Crippen molar-refractivity contribution in [2.45, 2.75) is 25.9 Å². The molecule has 0 aliphatic carbocycles. The van der Waals surface area contributed by atoms with Crippen molar-refractivity contribution >= 4 is 32.6 Å². The van der Waals surface area contributed by atoms with E-state index in [9.17, 15) is 4.79 Å². The highest BCUT2D eigenvalue weighted by Gasteiger charge is 2.28. The van der Waals surface area contributed by atoms with E-state index in [0.29, 0.717) is 17.4 Å². The summed E-state index contributed by atoms with van der Waals surface area (Å²) >= 11 is 1.46. The van der Waals surface area contributed by atoms with Crippen molar-refractivity contribution in [3.8, 4) is 5.75 Å². The number of thiazole rings is 1. The fraction of sp³-hybridized carbons (Fsp3) is 0.389. The fourth-order valence-electron chi connectivity index (χ4n) is 2.98. The number of ether oxygens (including phenoxy) is 2. The van der Waals surface area contributed by atoms with Gasteiger partial charge in [-0.15, -0.1) is 0 Å². The van der Waals surface area contributed by atoms with Gasteiger partial charge in [-0.2, -0.15) is 0 Å². The molecule has 8 heteroatoms. The summed E-state index contributed by atoms with van der Waals surface area (Å²) in [7, 11) is 1.62. The molecule has 3 heterocycles. The van der Waals surface area contributed by atoms with Crippen molar-refractivity contribution in [3.05, 3.63) is 35.7 Å². The molecule has 4 rings (SSSR count). The average molecular weight is 373 g/mol. The fourth-order valence-corrected chi connectivity index (χ4v) is 3.94. The number of nitrogens with zero attached hydrogens (tertiary/aromatic N) is 3. The van der Waals surface area contributed by atoms with E-state index in [0.717, 1.165) is 35.4 Å². The van der Waals surface area contributed by atoms with Gasteiger partial charge in [-0.25, -0.2) is 4.98 Å². The van der Waals surface area contributed by atoms with E-state index in [4.69, 9.17) is 14.0 Å². The summed E-state index contributed by atoms with van der Waals surface area (Å²) < 4.78 is 17.0. The number of hydrogen-bond donors (Lipinski definition) is 0. The van der Waals surface area contributed by atoms with Gasteiger partial charge in [0.1, 0.15) is 11.5 Å². The van der Waals surface area contributed by atoms with Crippen LogP contribution in [0.15, 0.2) is 28.8 Å². The van der Waals surface area contributed by atoms with Gasteiger partial charge in [0.15, 0.2) is 10.8 Å². The third-order valence-corrected chi connectivity index (χ3v) is 5.38. The van der Waals surface area contributed by atoms with Gasteiger partial charge >= 0.3 is 0 Å². The molecule has 1 saturated heterocycles. The number of amides is 1. The maximum absolute atomic E-state index is 13.0. The molecule has 26 heavy (non-hydrogen) atoms. The third-order valence-electron chi connectivity index (χ3n) is 4.32. The van der Waals surface area contributed by atoms with Crippen molar-refractivity contribution in [1.82, 2.24) is 10.1 Å². The minimum absolute atomic E-state index is 0.00787. The number of carbonyl (C=O) groups excluding carboxylic acids is 1. The Morgan fingerprint density at radius 2 is 2.31 bits per heavy atom. The van der Waals surface area contributed by atoms with Crippen LogP contribution in [0.3, 0.4) is 0 Å². The normalized spacial score (nSPS) is 16.9. The van der Waals surface area contributed by atoms with Gasteiger partial charge in [-0.1, -0.05) is 16.5 Å². The van der Waals surface area contributed by atoms with Crippen LogP contribution in [0.2, 0.25) is 0 Å². The molecule has 1 atom stereocenters. The predicted octanol–water partition coefficient (Wildman–Crippen LogP) is 3.43. The van der Waals surface area contributed by atoms with Gasteiger partial charge in [0.25, 0.3) is 5.91 Å². The highest BCUT2D eigenvalue weighted by Crippen LogP contribution is 2.32. The van der Waals surface area contributed by atoms with Crippen LogP contribution in [0, 0.1) is 6.92 Å². The lowest BCUT2D eigenvalue weighted by Gasteiger charge is -2.21. The van der Waals surface area contributed by atoms with Crippen molar-refractivity contribution in [1.29, 1.82) is 0 Å². The molecule has 7 nitrogen and oxygen atoms in total. The molecule has 1 fully saturated rings. The van der Waals surface area contributed by atoms with Crippen LogP contribution >= 0.6 is 11.3 Å². The van der Waals surface area contributed by atoms with Crippen molar-refractivity contribution in [3.63, 3.8) is 0 Å². The first-order chi connectivity index (χ1) is 12.6. The average Bonchev–Trinajstić information content (AvgIpc) is 3.38. The Hall–Kier alpha value is -2.45. The Balaban J connectivity index is 1.70. The Kier molecular flexibility index (Phi) is 4.60. The topological polar surface area (TPSA) is 77.7 Å². The molecule has 0 saturated carbocycles. The first-order valence-electron chi connectivity index (χ1n) is 8.45. The van der Waals surface area contributed by atoms with Crippen LogP contribution in [0.4, 0.5) is 5.13 Å². The van der Waals surface area contributed by atoms with Crippen LogP contribution in [0.1, 0.15) is 29.1 Å². The van der Waals surface area contributed by atoms with Gasteiger partial charge in [0, 0.05) is 18.7 Å². The highest BCUT2D eigenvalue weighted by atomic mass is 32.1. The zero-order chi connectivity index (χ0) is 18.1. The molecule has 0 bridgehead atoms. The Morgan fingerprint density at radius 1 is 1.42 bits per heavy atom. The number of fused-ring (bicyclic) bond motifs is 1. The molecule has 0 unspecified atom stereocenters. The standard InChI is InChI=1S/C18H19N3O4S/c1-11-8-15(20-25-11)17(22)21(10-13-4-3-7-24-13)18-19-14-9-12(23-2)5-6-16(14)26-18/h5-6,8-9,13H,3-4,7,10H2,1-2H3/t13-/m1/s1. The molecule has 0 spiro atoms. The van der Waals surface area contributed by atoms with Gasteiger partial charge in [0.05, 0.1) is 30.0 Å². The molecule has 0 N–H and O–H groups in total. The number of hydrogen-bond acceptors (Lipinski definition) is 7. The summed E-state index contributed by atoms with van der Waals surface area (Å²) in [5.74, 6) is 1.10. The summed E-state index contributed by atoms with van der Waals surface area (Å²) in [6, 6.07) is 7.34. The van der Waals surface area contributed by atoms with Crippen LogP contribution in [-0.4, -0.2) is 42.4 Å². The monoisotopic (exact) mass is 373 g/mol. The van der Waals surface area contributed by atoms with E-state index >= 15 is 0 Å². The predicted molar refractivity (Wildman–Crippen MR) is 98.1 cm³/mol. The number of anilines is 1. The van der Waals surface area contributed by atoms with Crippen molar-refractivity contribution < 1.29 is 18.8 Å². The van der Waals surface area contributed by atoms with Crippen molar-refractivity contribution in [2.75, 3.05) is 25.2 Å². The first kappa shape index (κ1) is 17.0. The number of carbonyl (C=O) groups is 1. The van der Waals surface area contributed by atoms with Gasteiger partial charge in [-0.05, 0) is 31.9 Å².